The van der Waals surface area contributed by atoms with E-state index >= 15 is 0 Å². The van der Waals surface area contributed by atoms with E-state index in [2.05, 4.69) is 10.6 Å². The number of benzene rings is 1. The first kappa shape index (κ1) is 14.5. The maximum Gasteiger partial charge on any atom is 0.338 e. The fourth-order valence-corrected chi connectivity index (χ4v) is 2.45. The van der Waals surface area contributed by atoms with Gasteiger partial charge in [-0.1, -0.05) is 0 Å². The zero-order valence-corrected chi connectivity index (χ0v) is 11.9. The summed E-state index contributed by atoms with van der Waals surface area (Å²) in [7, 11) is 1.35. The Morgan fingerprint density at radius 3 is 2.85 bits per heavy atom. The minimum absolute atomic E-state index is 0.00498. The number of esters is 1. The van der Waals surface area contributed by atoms with Crippen molar-refractivity contribution in [1.82, 2.24) is 5.32 Å². The van der Waals surface area contributed by atoms with Gasteiger partial charge in [-0.25, -0.2) is 4.79 Å². The Morgan fingerprint density at radius 1 is 1.45 bits per heavy atom. The van der Waals surface area contributed by atoms with Crippen LogP contribution in [0.2, 0.25) is 0 Å². The predicted molar refractivity (Wildman–Crippen MR) is 76.8 cm³/mol. The van der Waals surface area contributed by atoms with Crippen LogP contribution in [0.15, 0.2) is 18.2 Å². The molecule has 1 unspecified atom stereocenters. The summed E-state index contributed by atoms with van der Waals surface area (Å²) >= 11 is 0. The average molecular weight is 276 g/mol. The van der Waals surface area contributed by atoms with Gasteiger partial charge in [-0.05, 0) is 50.1 Å². The lowest BCUT2D eigenvalue weighted by Gasteiger charge is -2.11. The zero-order valence-electron chi connectivity index (χ0n) is 11.9. The minimum Gasteiger partial charge on any atom is -0.465 e. The van der Waals surface area contributed by atoms with Crippen LogP contribution in [0, 0.1) is 6.92 Å². The first-order valence-corrected chi connectivity index (χ1v) is 6.82. The summed E-state index contributed by atoms with van der Waals surface area (Å²) in [6, 6.07) is 5.46. The smallest absolute Gasteiger partial charge is 0.338 e. The maximum atomic E-state index is 11.9. The highest BCUT2D eigenvalue weighted by molar-refractivity contribution is 5.94. The molecular weight excluding hydrogens is 256 g/mol. The standard InChI is InChI=1S/C15H20N2O3/c1-10-8-12(5-6-13(10)15(19)20-2)17-14(18)9-11-4-3-7-16-11/h5-6,8,11,16H,3-4,7,9H2,1-2H3,(H,17,18). The summed E-state index contributed by atoms with van der Waals surface area (Å²) < 4.78 is 4.69. The number of ether oxygens (including phenoxy) is 1. The summed E-state index contributed by atoms with van der Waals surface area (Å²) in [6.07, 6.45) is 2.66. The molecule has 1 aliphatic heterocycles. The molecule has 0 bridgehead atoms. The van der Waals surface area contributed by atoms with Crippen LogP contribution in [0.1, 0.15) is 35.2 Å². The van der Waals surface area contributed by atoms with Gasteiger partial charge in [0.05, 0.1) is 12.7 Å². The molecule has 5 heteroatoms. The van der Waals surface area contributed by atoms with E-state index in [1.165, 1.54) is 7.11 Å². The number of aryl methyl sites for hydroxylation is 1. The molecular formula is C15H20N2O3. The Labute approximate surface area is 118 Å². The normalized spacial score (nSPS) is 17.8. The molecule has 5 nitrogen and oxygen atoms in total. The van der Waals surface area contributed by atoms with Crippen LogP contribution in [0.3, 0.4) is 0 Å². The number of anilines is 1. The molecule has 1 saturated heterocycles. The molecule has 0 aromatic heterocycles. The fraction of sp³-hybridized carbons (Fsp3) is 0.467. The van der Waals surface area contributed by atoms with E-state index in [-0.39, 0.29) is 17.9 Å². The summed E-state index contributed by atoms with van der Waals surface area (Å²) in [6.45, 7) is 2.81. The molecule has 108 valence electrons. The van der Waals surface area contributed by atoms with Crippen LogP contribution in [0.5, 0.6) is 0 Å². The van der Waals surface area contributed by atoms with E-state index in [9.17, 15) is 9.59 Å². The summed E-state index contributed by atoms with van der Waals surface area (Å²) in [5.74, 6) is -0.370. The van der Waals surface area contributed by atoms with Gasteiger partial charge in [-0.2, -0.15) is 0 Å². The molecule has 2 N–H and O–H groups in total. The predicted octanol–water partition coefficient (Wildman–Crippen LogP) is 1.86. The van der Waals surface area contributed by atoms with Crippen LogP contribution in [-0.4, -0.2) is 31.6 Å². The lowest BCUT2D eigenvalue weighted by molar-refractivity contribution is -0.116. The summed E-state index contributed by atoms with van der Waals surface area (Å²) in [5.41, 5.74) is 2.01. The number of nitrogens with one attached hydrogen (secondary N) is 2. The average Bonchev–Trinajstić information content (AvgIpc) is 2.90. The number of methoxy groups -OCH3 is 1. The Kier molecular flexibility index (Phi) is 4.74. The number of carbonyl (C=O) groups is 2. The fourth-order valence-electron chi connectivity index (χ4n) is 2.45. The highest BCUT2D eigenvalue weighted by Gasteiger charge is 2.18. The van der Waals surface area contributed by atoms with Crippen molar-refractivity contribution in [1.29, 1.82) is 0 Å². The third-order valence-corrected chi connectivity index (χ3v) is 3.51. The molecule has 0 radical (unpaired) electrons. The summed E-state index contributed by atoms with van der Waals surface area (Å²) in [4.78, 5) is 23.4. The molecule has 1 aliphatic rings. The maximum absolute atomic E-state index is 11.9. The monoisotopic (exact) mass is 276 g/mol. The van der Waals surface area contributed by atoms with Crippen LogP contribution < -0.4 is 10.6 Å². The third kappa shape index (κ3) is 3.57. The van der Waals surface area contributed by atoms with Crippen molar-refractivity contribution in [2.45, 2.75) is 32.2 Å². The molecule has 0 saturated carbocycles. The van der Waals surface area contributed by atoms with Gasteiger partial charge < -0.3 is 15.4 Å². The molecule has 1 fully saturated rings. The van der Waals surface area contributed by atoms with E-state index in [0.29, 0.717) is 17.7 Å². The number of amides is 1. The molecule has 2 rings (SSSR count). The topological polar surface area (TPSA) is 67.4 Å². The van der Waals surface area contributed by atoms with E-state index in [4.69, 9.17) is 4.74 Å². The van der Waals surface area contributed by atoms with Crippen LogP contribution >= 0.6 is 0 Å². The van der Waals surface area contributed by atoms with Crippen molar-refractivity contribution in [2.24, 2.45) is 0 Å². The van der Waals surface area contributed by atoms with Crippen molar-refractivity contribution >= 4 is 17.6 Å². The molecule has 0 spiro atoms. The van der Waals surface area contributed by atoms with Crippen molar-refractivity contribution in [3.05, 3.63) is 29.3 Å². The van der Waals surface area contributed by atoms with E-state index in [1.54, 1.807) is 18.2 Å². The van der Waals surface area contributed by atoms with Crippen LogP contribution in [-0.2, 0) is 9.53 Å². The van der Waals surface area contributed by atoms with E-state index in [1.807, 2.05) is 6.92 Å². The van der Waals surface area contributed by atoms with Gasteiger partial charge >= 0.3 is 5.97 Å². The number of rotatable bonds is 4. The highest BCUT2D eigenvalue weighted by atomic mass is 16.5. The Balaban J connectivity index is 1.97. The first-order valence-electron chi connectivity index (χ1n) is 6.82. The van der Waals surface area contributed by atoms with Gasteiger partial charge in [0.2, 0.25) is 5.91 Å². The van der Waals surface area contributed by atoms with Crippen molar-refractivity contribution < 1.29 is 14.3 Å². The van der Waals surface area contributed by atoms with Gasteiger partial charge in [0, 0.05) is 18.2 Å². The molecule has 20 heavy (non-hydrogen) atoms. The van der Waals surface area contributed by atoms with Gasteiger partial charge in [-0.15, -0.1) is 0 Å². The largest absolute Gasteiger partial charge is 0.465 e. The Bertz CT molecular complexity index is 508. The van der Waals surface area contributed by atoms with Crippen molar-refractivity contribution in [2.75, 3.05) is 19.0 Å². The van der Waals surface area contributed by atoms with E-state index in [0.717, 1.165) is 24.9 Å². The second-order valence-corrected chi connectivity index (χ2v) is 5.07. The Hall–Kier alpha value is -1.88. The van der Waals surface area contributed by atoms with Crippen molar-refractivity contribution in [3.8, 4) is 0 Å². The molecule has 1 heterocycles. The zero-order chi connectivity index (χ0) is 14.5. The van der Waals surface area contributed by atoms with Gasteiger partial charge in [0.1, 0.15) is 0 Å². The van der Waals surface area contributed by atoms with Gasteiger partial charge in [0.15, 0.2) is 0 Å². The highest BCUT2D eigenvalue weighted by Crippen LogP contribution is 2.17. The van der Waals surface area contributed by atoms with Crippen LogP contribution in [0.4, 0.5) is 5.69 Å². The van der Waals surface area contributed by atoms with Gasteiger partial charge in [-0.3, -0.25) is 4.79 Å². The quantitative estimate of drug-likeness (QED) is 0.824. The third-order valence-electron chi connectivity index (χ3n) is 3.51. The SMILES string of the molecule is COC(=O)c1ccc(NC(=O)CC2CCCN2)cc1C. The van der Waals surface area contributed by atoms with Crippen LogP contribution in [0.25, 0.3) is 0 Å². The summed E-state index contributed by atoms with van der Waals surface area (Å²) in [5, 5.41) is 6.16. The van der Waals surface area contributed by atoms with E-state index < -0.39 is 0 Å². The van der Waals surface area contributed by atoms with Gasteiger partial charge in [0.25, 0.3) is 0 Å². The molecule has 1 aromatic carbocycles. The second kappa shape index (κ2) is 6.52. The number of hydrogen-bond donors (Lipinski definition) is 2. The molecule has 0 aliphatic carbocycles. The lowest BCUT2D eigenvalue weighted by Crippen LogP contribution is -2.27. The molecule has 1 aromatic rings. The first-order chi connectivity index (χ1) is 9.60. The molecule has 1 amide bonds. The Morgan fingerprint density at radius 2 is 2.25 bits per heavy atom. The minimum atomic E-state index is -0.365. The molecule has 1 atom stereocenters. The lowest BCUT2D eigenvalue weighted by atomic mass is 10.1. The number of hydrogen-bond acceptors (Lipinski definition) is 4. The van der Waals surface area contributed by atoms with Crippen molar-refractivity contribution in [3.63, 3.8) is 0 Å². The number of carbonyl (C=O) groups excluding carboxylic acids is 2. The second-order valence-electron chi connectivity index (χ2n) is 5.07.